The van der Waals surface area contributed by atoms with Crippen molar-refractivity contribution in [1.29, 1.82) is 0 Å². The molecular weight excluding hydrogens is 232 g/mol. The van der Waals surface area contributed by atoms with Gasteiger partial charge in [0.2, 0.25) is 5.75 Å². The smallest absolute Gasteiger partial charge is 0.203 e. The van der Waals surface area contributed by atoms with Crippen LogP contribution in [0.1, 0.15) is 31.2 Å². The second-order valence-corrected chi connectivity index (χ2v) is 4.04. The lowest BCUT2D eigenvalue weighted by molar-refractivity contribution is 0.270. The number of aliphatic hydroxyl groups is 1. The fraction of sp³-hybridized carbons (Fsp3) is 0.571. The molecule has 0 saturated carbocycles. The molecule has 0 radical (unpaired) electrons. The molecule has 1 aromatic rings. The molecule has 0 fully saturated rings. The Labute approximate surface area is 108 Å². The van der Waals surface area contributed by atoms with Crippen molar-refractivity contribution >= 4 is 0 Å². The molecule has 4 heteroatoms. The van der Waals surface area contributed by atoms with E-state index in [0.29, 0.717) is 23.7 Å². The highest BCUT2D eigenvalue weighted by atomic mass is 16.5. The van der Waals surface area contributed by atoms with Gasteiger partial charge in [0.05, 0.1) is 21.3 Å². The Morgan fingerprint density at radius 1 is 1.06 bits per heavy atom. The van der Waals surface area contributed by atoms with Gasteiger partial charge in [-0.25, -0.2) is 0 Å². The third kappa shape index (κ3) is 2.88. The average molecular weight is 254 g/mol. The molecular formula is C14H22O4. The van der Waals surface area contributed by atoms with Crippen LogP contribution in [0.4, 0.5) is 0 Å². The Balaban J connectivity index is 3.26. The highest BCUT2D eigenvalue weighted by Crippen LogP contribution is 2.43. The maximum Gasteiger partial charge on any atom is 0.203 e. The molecule has 1 atom stereocenters. The van der Waals surface area contributed by atoms with E-state index in [-0.39, 0.29) is 12.5 Å². The Bertz CT molecular complexity index is 376. The van der Waals surface area contributed by atoms with Crippen molar-refractivity contribution in [3.8, 4) is 17.2 Å². The van der Waals surface area contributed by atoms with Gasteiger partial charge in [0.15, 0.2) is 11.5 Å². The van der Waals surface area contributed by atoms with Gasteiger partial charge in [0.1, 0.15) is 0 Å². The summed E-state index contributed by atoms with van der Waals surface area (Å²) in [6, 6.07) is 3.85. The zero-order valence-electron chi connectivity index (χ0n) is 11.5. The van der Waals surface area contributed by atoms with Gasteiger partial charge in [-0.1, -0.05) is 13.0 Å². The van der Waals surface area contributed by atoms with Gasteiger partial charge in [-0.15, -0.1) is 0 Å². The predicted molar refractivity (Wildman–Crippen MR) is 70.8 cm³/mol. The molecule has 0 spiro atoms. The molecule has 0 aromatic heterocycles. The second kappa shape index (κ2) is 7.11. The van der Waals surface area contributed by atoms with E-state index in [1.54, 1.807) is 21.3 Å². The summed E-state index contributed by atoms with van der Waals surface area (Å²) in [4.78, 5) is 0. The summed E-state index contributed by atoms with van der Waals surface area (Å²) < 4.78 is 16.1. The van der Waals surface area contributed by atoms with E-state index >= 15 is 0 Å². The predicted octanol–water partition coefficient (Wildman–Crippen LogP) is 2.59. The van der Waals surface area contributed by atoms with Crippen LogP contribution in [0.2, 0.25) is 0 Å². The Morgan fingerprint density at radius 2 is 1.72 bits per heavy atom. The van der Waals surface area contributed by atoms with Crippen molar-refractivity contribution in [3.63, 3.8) is 0 Å². The molecule has 1 unspecified atom stereocenters. The number of hydrogen-bond donors (Lipinski definition) is 1. The lowest BCUT2D eigenvalue weighted by Gasteiger charge is -2.20. The Kier molecular flexibility index (Phi) is 5.78. The molecule has 0 aliphatic carbocycles. The van der Waals surface area contributed by atoms with Crippen LogP contribution in [0.3, 0.4) is 0 Å². The number of aliphatic hydroxyl groups excluding tert-OH is 1. The van der Waals surface area contributed by atoms with Gasteiger partial charge in [-0.05, 0) is 24.8 Å². The molecule has 0 aliphatic heterocycles. The minimum absolute atomic E-state index is 0.163. The molecule has 0 aliphatic rings. The number of rotatable bonds is 7. The van der Waals surface area contributed by atoms with E-state index in [1.165, 1.54) is 0 Å². The van der Waals surface area contributed by atoms with Gasteiger partial charge in [-0.2, -0.15) is 0 Å². The molecule has 102 valence electrons. The fourth-order valence-corrected chi connectivity index (χ4v) is 2.18. The zero-order valence-corrected chi connectivity index (χ0v) is 11.5. The number of hydrogen-bond acceptors (Lipinski definition) is 4. The van der Waals surface area contributed by atoms with Crippen molar-refractivity contribution in [2.45, 2.75) is 25.7 Å². The quantitative estimate of drug-likeness (QED) is 0.812. The standard InChI is InChI=1S/C14H22O4/c1-5-10(8-9-15)11-6-7-12(16-2)14(18-4)13(11)17-3/h6-7,10,15H,5,8-9H2,1-4H3. The van der Waals surface area contributed by atoms with Crippen LogP contribution in [-0.2, 0) is 0 Å². The number of benzene rings is 1. The van der Waals surface area contributed by atoms with Gasteiger partial charge in [0.25, 0.3) is 0 Å². The van der Waals surface area contributed by atoms with Crippen LogP contribution in [0, 0.1) is 0 Å². The van der Waals surface area contributed by atoms with Crippen molar-refractivity contribution < 1.29 is 19.3 Å². The first-order chi connectivity index (χ1) is 8.73. The van der Waals surface area contributed by atoms with Crippen LogP contribution in [0.15, 0.2) is 12.1 Å². The Hall–Kier alpha value is -1.42. The summed E-state index contributed by atoms with van der Waals surface area (Å²) in [5.41, 5.74) is 1.05. The fourth-order valence-electron chi connectivity index (χ4n) is 2.18. The van der Waals surface area contributed by atoms with Crippen molar-refractivity contribution in [2.75, 3.05) is 27.9 Å². The second-order valence-electron chi connectivity index (χ2n) is 4.04. The van der Waals surface area contributed by atoms with Crippen LogP contribution in [-0.4, -0.2) is 33.0 Å². The van der Waals surface area contributed by atoms with Crippen LogP contribution in [0.25, 0.3) is 0 Å². The lowest BCUT2D eigenvalue weighted by Crippen LogP contribution is -2.05. The molecule has 1 aromatic carbocycles. The largest absolute Gasteiger partial charge is 0.493 e. The minimum Gasteiger partial charge on any atom is -0.493 e. The van der Waals surface area contributed by atoms with E-state index in [1.807, 2.05) is 12.1 Å². The van der Waals surface area contributed by atoms with E-state index in [0.717, 1.165) is 12.0 Å². The van der Waals surface area contributed by atoms with Crippen molar-refractivity contribution in [3.05, 3.63) is 17.7 Å². The molecule has 18 heavy (non-hydrogen) atoms. The topological polar surface area (TPSA) is 47.9 Å². The molecule has 4 nitrogen and oxygen atoms in total. The van der Waals surface area contributed by atoms with Crippen molar-refractivity contribution in [2.24, 2.45) is 0 Å². The Morgan fingerprint density at radius 3 is 2.17 bits per heavy atom. The first kappa shape index (κ1) is 14.6. The summed E-state index contributed by atoms with van der Waals surface area (Å²) >= 11 is 0. The highest BCUT2D eigenvalue weighted by molar-refractivity contribution is 5.56. The van der Waals surface area contributed by atoms with Gasteiger partial charge >= 0.3 is 0 Å². The third-order valence-electron chi connectivity index (χ3n) is 3.14. The number of methoxy groups -OCH3 is 3. The minimum atomic E-state index is 0.163. The van der Waals surface area contributed by atoms with E-state index < -0.39 is 0 Å². The molecule has 0 amide bonds. The van der Waals surface area contributed by atoms with Crippen LogP contribution < -0.4 is 14.2 Å². The molecule has 0 heterocycles. The summed E-state index contributed by atoms with van der Waals surface area (Å²) in [6.07, 6.45) is 1.65. The maximum absolute atomic E-state index is 9.12. The van der Waals surface area contributed by atoms with Crippen LogP contribution >= 0.6 is 0 Å². The molecule has 0 bridgehead atoms. The average Bonchev–Trinajstić information content (AvgIpc) is 2.42. The normalized spacial score (nSPS) is 12.1. The van der Waals surface area contributed by atoms with Gasteiger partial charge < -0.3 is 19.3 Å². The lowest BCUT2D eigenvalue weighted by atomic mass is 9.92. The van der Waals surface area contributed by atoms with Crippen LogP contribution in [0.5, 0.6) is 17.2 Å². The monoisotopic (exact) mass is 254 g/mol. The highest BCUT2D eigenvalue weighted by Gasteiger charge is 2.20. The summed E-state index contributed by atoms with van der Waals surface area (Å²) in [7, 11) is 4.81. The summed E-state index contributed by atoms with van der Waals surface area (Å²) in [6.45, 7) is 2.26. The third-order valence-corrected chi connectivity index (χ3v) is 3.14. The first-order valence-electron chi connectivity index (χ1n) is 6.13. The summed E-state index contributed by atoms with van der Waals surface area (Å²) in [5, 5.41) is 9.12. The molecule has 1 rings (SSSR count). The SMILES string of the molecule is CCC(CCO)c1ccc(OC)c(OC)c1OC. The molecule has 1 N–H and O–H groups in total. The van der Waals surface area contributed by atoms with Crippen molar-refractivity contribution in [1.82, 2.24) is 0 Å². The maximum atomic E-state index is 9.12. The molecule has 0 saturated heterocycles. The van der Waals surface area contributed by atoms with E-state index in [9.17, 15) is 0 Å². The summed E-state index contributed by atoms with van der Waals surface area (Å²) in [5.74, 6) is 2.20. The number of ether oxygens (including phenoxy) is 3. The zero-order chi connectivity index (χ0) is 13.5. The van der Waals surface area contributed by atoms with E-state index in [2.05, 4.69) is 6.92 Å². The van der Waals surface area contributed by atoms with E-state index in [4.69, 9.17) is 19.3 Å². The first-order valence-corrected chi connectivity index (χ1v) is 6.13. The van der Waals surface area contributed by atoms with Gasteiger partial charge in [0, 0.05) is 12.2 Å². The van der Waals surface area contributed by atoms with Gasteiger partial charge in [-0.3, -0.25) is 0 Å².